The lowest BCUT2D eigenvalue weighted by atomic mass is 9.53. The Labute approximate surface area is 211 Å². The molecule has 1 aromatic rings. The van der Waals surface area contributed by atoms with Gasteiger partial charge in [-0.2, -0.15) is 0 Å². The molecule has 0 amide bonds. The lowest BCUT2D eigenvalue weighted by Gasteiger charge is -2.58. The lowest BCUT2D eigenvalue weighted by Crippen LogP contribution is -2.60. The zero-order valence-electron chi connectivity index (χ0n) is 21.8. The molecule has 6 heteroatoms. The van der Waals surface area contributed by atoms with E-state index in [9.17, 15) is 5.11 Å². The first-order chi connectivity index (χ1) is 16.8. The number of benzene rings is 1. The summed E-state index contributed by atoms with van der Waals surface area (Å²) in [5, 5.41) is 12.9. The van der Waals surface area contributed by atoms with Crippen LogP contribution in [-0.2, 0) is 14.5 Å². The van der Waals surface area contributed by atoms with Crippen LogP contribution in [0.2, 0.25) is 0 Å². The summed E-state index contributed by atoms with van der Waals surface area (Å²) in [6, 6.07) is 8.56. The minimum atomic E-state index is -0.696. The highest BCUT2D eigenvalue weighted by Crippen LogP contribution is 2.60. The number of hydrogen-bond acceptors (Lipinski definition) is 6. The Morgan fingerprint density at radius 2 is 1.57 bits per heavy atom. The van der Waals surface area contributed by atoms with Crippen LogP contribution in [0.25, 0.3) is 0 Å². The zero-order valence-corrected chi connectivity index (χ0v) is 21.8. The third kappa shape index (κ3) is 5.88. The van der Waals surface area contributed by atoms with Gasteiger partial charge in [-0.05, 0) is 107 Å². The van der Waals surface area contributed by atoms with Crippen LogP contribution in [0.3, 0.4) is 0 Å². The van der Waals surface area contributed by atoms with Gasteiger partial charge < -0.3 is 19.9 Å². The van der Waals surface area contributed by atoms with Gasteiger partial charge in [-0.25, -0.2) is 9.78 Å². The molecule has 0 aliphatic heterocycles. The van der Waals surface area contributed by atoms with Gasteiger partial charge in [0.25, 0.3) is 0 Å². The normalized spacial score (nSPS) is 36.5. The quantitative estimate of drug-likeness (QED) is 0.194. The summed E-state index contributed by atoms with van der Waals surface area (Å²) in [6.07, 6.45) is 10.8. The molecule has 1 aromatic carbocycles. The standard InChI is InChI=1S/C29H45NO5/c1-28(2,31)19-30-12-13-33-26-8-4-22(5-9-26)23-6-10-27(11-7-23)34-35-29(32-3)24-15-20-14-21(17-24)18-25(29)16-20/h4-5,8-9,20-21,23-25,27,30-31H,6-7,10-19H2,1-3H3/t20?,21?,23-,24?,25?,27+,29?. The first-order valence-electron chi connectivity index (χ1n) is 13.9. The van der Waals surface area contributed by atoms with E-state index in [0.717, 1.165) is 43.3 Å². The van der Waals surface area contributed by atoms with Gasteiger partial charge in [-0.3, -0.25) is 0 Å². The molecule has 196 valence electrons. The maximum atomic E-state index is 9.74. The highest BCUT2D eigenvalue weighted by molar-refractivity contribution is 5.29. The first kappa shape index (κ1) is 25.5. The number of methoxy groups -OCH3 is 1. The van der Waals surface area contributed by atoms with Crippen molar-refractivity contribution in [3.63, 3.8) is 0 Å². The van der Waals surface area contributed by atoms with Gasteiger partial charge in [-0.1, -0.05) is 12.1 Å². The molecule has 5 aliphatic carbocycles. The Morgan fingerprint density at radius 3 is 2.14 bits per heavy atom. The second-order valence-corrected chi connectivity index (χ2v) is 12.3. The second kappa shape index (κ2) is 10.7. The van der Waals surface area contributed by atoms with Gasteiger partial charge >= 0.3 is 0 Å². The van der Waals surface area contributed by atoms with Crippen LogP contribution >= 0.6 is 0 Å². The molecule has 0 heterocycles. The molecular weight excluding hydrogens is 442 g/mol. The second-order valence-electron chi connectivity index (χ2n) is 12.3. The molecule has 0 spiro atoms. The summed E-state index contributed by atoms with van der Waals surface area (Å²) >= 11 is 0. The van der Waals surface area contributed by atoms with Gasteiger partial charge in [0.15, 0.2) is 0 Å². The van der Waals surface area contributed by atoms with Gasteiger partial charge in [0.05, 0.1) is 11.7 Å². The molecule has 5 saturated carbocycles. The molecule has 0 atom stereocenters. The fraction of sp³-hybridized carbons (Fsp3) is 0.793. The predicted octanol–water partition coefficient (Wildman–Crippen LogP) is 5.20. The molecule has 35 heavy (non-hydrogen) atoms. The van der Waals surface area contributed by atoms with Crippen molar-refractivity contribution >= 4 is 0 Å². The average Bonchev–Trinajstić information content (AvgIpc) is 2.84. The minimum absolute atomic E-state index is 0.162. The van der Waals surface area contributed by atoms with Crippen molar-refractivity contribution in [1.29, 1.82) is 0 Å². The van der Waals surface area contributed by atoms with Gasteiger partial charge in [0.1, 0.15) is 12.4 Å². The summed E-state index contributed by atoms with van der Waals surface area (Å²) in [7, 11) is 1.82. The molecule has 6 rings (SSSR count). The van der Waals surface area contributed by atoms with Crippen LogP contribution in [0.15, 0.2) is 24.3 Å². The Kier molecular flexibility index (Phi) is 7.76. The van der Waals surface area contributed by atoms with E-state index in [-0.39, 0.29) is 6.10 Å². The van der Waals surface area contributed by atoms with E-state index in [1.807, 2.05) is 7.11 Å². The van der Waals surface area contributed by atoms with Crippen molar-refractivity contribution in [2.45, 2.75) is 95.0 Å². The van der Waals surface area contributed by atoms with Crippen molar-refractivity contribution in [3.8, 4) is 5.75 Å². The van der Waals surface area contributed by atoms with E-state index in [2.05, 4.69) is 29.6 Å². The third-order valence-electron chi connectivity index (χ3n) is 9.04. The molecule has 2 N–H and O–H groups in total. The Morgan fingerprint density at radius 1 is 0.943 bits per heavy atom. The third-order valence-corrected chi connectivity index (χ3v) is 9.04. The van der Waals surface area contributed by atoms with E-state index < -0.39 is 11.4 Å². The van der Waals surface area contributed by atoms with Crippen molar-refractivity contribution in [2.75, 3.05) is 26.8 Å². The van der Waals surface area contributed by atoms with Gasteiger partial charge in [-0.15, -0.1) is 0 Å². The molecule has 0 radical (unpaired) electrons. The minimum Gasteiger partial charge on any atom is -0.492 e. The summed E-state index contributed by atoms with van der Waals surface area (Å²) < 4.78 is 11.9. The number of aliphatic hydroxyl groups is 1. The van der Waals surface area contributed by atoms with Crippen molar-refractivity contribution < 1.29 is 24.4 Å². The Hall–Kier alpha value is -1.18. The maximum absolute atomic E-state index is 9.74. The van der Waals surface area contributed by atoms with Gasteiger partial charge in [0, 0.05) is 32.0 Å². The summed E-state index contributed by atoms with van der Waals surface area (Å²) in [5.74, 6) is 3.71. The number of ether oxygens (including phenoxy) is 2. The lowest BCUT2D eigenvalue weighted by molar-refractivity contribution is -0.485. The van der Waals surface area contributed by atoms with Crippen LogP contribution in [0.4, 0.5) is 0 Å². The highest BCUT2D eigenvalue weighted by Gasteiger charge is 2.60. The first-order valence-corrected chi connectivity index (χ1v) is 13.9. The smallest absolute Gasteiger partial charge is 0.207 e. The van der Waals surface area contributed by atoms with Crippen LogP contribution in [0.1, 0.15) is 83.1 Å². The van der Waals surface area contributed by atoms with Crippen molar-refractivity contribution in [3.05, 3.63) is 29.8 Å². The predicted molar refractivity (Wildman–Crippen MR) is 135 cm³/mol. The summed E-state index contributed by atoms with van der Waals surface area (Å²) in [4.78, 5) is 12.4. The molecule has 0 saturated heterocycles. The molecule has 5 aliphatic rings. The van der Waals surface area contributed by atoms with E-state index in [1.54, 1.807) is 13.8 Å². The number of rotatable bonds is 11. The van der Waals surface area contributed by atoms with E-state index >= 15 is 0 Å². The molecule has 0 unspecified atom stereocenters. The fourth-order valence-electron chi connectivity index (χ4n) is 7.45. The SMILES string of the molecule is COC1(OO[C@H]2CC[C@@H](c3ccc(OCCNCC(C)(C)O)cc3)CC2)C2CC3CC(C2)CC1C3. The van der Waals surface area contributed by atoms with Crippen LogP contribution in [-0.4, -0.2) is 49.4 Å². The van der Waals surface area contributed by atoms with E-state index in [0.29, 0.717) is 37.5 Å². The molecule has 4 bridgehead atoms. The molecule has 5 fully saturated rings. The van der Waals surface area contributed by atoms with Gasteiger partial charge in [0.2, 0.25) is 5.79 Å². The topological polar surface area (TPSA) is 69.2 Å². The monoisotopic (exact) mass is 487 g/mol. The molecule has 0 aromatic heterocycles. The van der Waals surface area contributed by atoms with E-state index in [1.165, 1.54) is 37.7 Å². The number of nitrogens with one attached hydrogen (secondary N) is 1. The highest BCUT2D eigenvalue weighted by atomic mass is 17.2. The Balaban J connectivity index is 1.05. The van der Waals surface area contributed by atoms with E-state index in [4.69, 9.17) is 19.2 Å². The number of hydrogen-bond donors (Lipinski definition) is 2. The Bertz CT molecular complexity index is 783. The summed E-state index contributed by atoms with van der Waals surface area (Å²) in [6.45, 7) is 5.45. The largest absolute Gasteiger partial charge is 0.492 e. The average molecular weight is 488 g/mol. The fourth-order valence-corrected chi connectivity index (χ4v) is 7.45. The van der Waals surface area contributed by atoms with Crippen LogP contribution in [0, 0.1) is 23.7 Å². The van der Waals surface area contributed by atoms with Crippen LogP contribution in [0.5, 0.6) is 5.75 Å². The van der Waals surface area contributed by atoms with Crippen LogP contribution < -0.4 is 10.1 Å². The summed E-state index contributed by atoms with van der Waals surface area (Å²) in [5.41, 5.74) is 0.685. The zero-order chi connectivity index (χ0) is 24.5. The van der Waals surface area contributed by atoms with Crippen molar-refractivity contribution in [1.82, 2.24) is 5.32 Å². The maximum Gasteiger partial charge on any atom is 0.207 e. The molecule has 6 nitrogen and oxygen atoms in total. The van der Waals surface area contributed by atoms with Crippen molar-refractivity contribution in [2.24, 2.45) is 23.7 Å². The molecular formula is C29H45NO5.